The summed E-state index contributed by atoms with van der Waals surface area (Å²) in [5.74, 6) is 0. The smallest absolute Gasteiger partial charge is 0.184 e. The third-order valence-corrected chi connectivity index (χ3v) is 3.71. The van der Waals surface area contributed by atoms with Gasteiger partial charge in [-0.3, -0.25) is 0 Å². The van der Waals surface area contributed by atoms with Crippen molar-refractivity contribution in [2.75, 3.05) is 13.2 Å². The monoisotopic (exact) mass is 360 g/mol. The number of hydrogen-bond donors (Lipinski definition) is 10. The minimum Gasteiger partial charge on any atom is -0.394 e. The maximum absolute atomic E-state index is 9.12. The van der Waals surface area contributed by atoms with Crippen molar-refractivity contribution in [3.8, 4) is 0 Å². The van der Waals surface area contributed by atoms with Gasteiger partial charge >= 0.3 is 0 Å². The Hall–Kier alpha value is -0.480. The highest BCUT2D eigenvalue weighted by atomic mass is 16.7. The lowest BCUT2D eigenvalue weighted by molar-refractivity contribution is -0.286. The number of ether oxygens (including phenoxy) is 2. The molecule has 2 aliphatic rings. The van der Waals surface area contributed by atoms with Crippen LogP contribution in [-0.4, -0.2) is 126 Å². The summed E-state index contributed by atoms with van der Waals surface area (Å²) in [6, 6.07) is 0. The van der Waals surface area contributed by atoms with Crippen molar-refractivity contribution in [1.82, 2.24) is 0 Å². The molecule has 0 aliphatic carbocycles. The molecule has 12 nitrogen and oxygen atoms in total. The summed E-state index contributed by atoms with van der Waals surface area (Å²) in [5.41, 5.74) is 0. The van der Waals surface area contributed by atoms with Crippen LogP contribution in [0.3, 0.4) is 0 Å². The van der Waals surface area contributed by atoms with Crippen LogP contribution >= 0.6 is 0 Å². The molecular formula is C12H24O12. The Morgan fingerprint density at radius 3 is 1.58 bits per heavy atom. The first kappa shape index (κ1) is 21.6. The first-order valence-electron chi connectivity index (χ1n) is 7.12. The molecule has 2 saturated heterocycles. The SMILES string of the molecule is OCC(O)[C@@H]1O[C@H](O)[C@H](O)[C@H]1O.OC[C@H]1O[C@@H](O)[C@H](O)[C@@H](O)[C@@H]1O. The van der Waals surface area contributed by atoms with Gasteiger partial charge in [-0.05, 0) is 0 Å². The van der Waals surface area contributed by atoms with Gasteiger partial charge in [0.05, 0.1) is 13.2 Å². The minimum absolute atomic E-state index is 0.526. The van der Waals surface area contributed by atoms with E-state index >= 15 is 0 Å². The fraction of sp³-hybridized carbons (Fsp3) is 1.00. The molecule has 24 heavy (non-hydrogen) atoms. The van der Waals surface area contributed by atoms with E-state index in [-0.39, 0.29) is 0 Å². The average molecular weight is 360 g/mol. The van der Waals surface area contributed by atoms with E-state index in [0.29, 0.717) is 0 Å². The van der Waals surface area contributed by atoms with Gasteiger partial charge in [0.1, 0.15) is 48.8 Å². The van der Waals surface area contributed by atoms with Gasteiger partial charge in [0, 0.05) is 0 Å². The van der Waals surface area contributed by atoms with Gasteiger partial charge in [-0.15, -0.1) is 0 Å². The van der Waals surface area contributed by atoms with E-state index in [1.165, 1.54) is 0 Å². The molecule has 0 bridgehead atoms. The van der Waals surface area contributed by atoms with Crippen molar-refractivity contribution in [2.24, 2.45) is 0 Å². The van der Waals surface area contributed by atoms with Gasteiger partial charge in [0.25, 0.3) is 0 Å². The summed E-state index contributed by atoms with van der Waals surface area (Å²) in [5, 5.41) is 89.1. The molecular weight excluding hydrogens is 336 g/mol. The van der Waals surface area contributed by atoms with Crippen LogP contribution in [0, 0.1) is 0 Å². The zero-order chi connectivity index (χ0) is 18.6. The maximum Gasteiger partial charge on any atom is 0.184 e. The molecule has 10 atom stereocenters. The normalized spacial score (nSPS) is 47.0. The predicted octanol–water partition coefficient (Wildman–Crippen LogP) is -6.44. The summed E-state index contributed by atoms with van der Waals surface area (Å²) in [6.07, 6.45) is -13.8. The topological polar surface area (TPSA) is 221 Å². The van der Waals surface area contributed by atoms with Gasteiger partial charge in [-0.2, -0.15) is 0 Å². The second-order valence-corrected chi connectivity index (χ2v) is 5.44. The summed E-state index contributed by atoms with van der Waals surface area (Å²) in [7, 11) is 0. The van der Waals surface area contributed by atoms with E-state index in [1.807, 2.05) is 0 Å². The first-order valence-corrected chi connectivity index (χ1v) is 7.12. The minimum atomic E-state index is -1.57. The molecule has 2 fully saturated rings. The largest absolute Gasteiger partial charge is 0.394 e. The molecule has 10 N–H and O–H groups in total. The highest BCUT2D eigenvalue weighted by Crippen LogP contribution is 2.22. The van der Waals surface area contributed by atoms with Crippen molar-refractivity contribution in [2.45, 2.75) is 61.4 Å². The number of aliphatic hydroxyl groups excluding tert-OH is 10. The molecule has 12 heteroatoms. The molecule has 0 aromatic carbocycles. The van der Waals surface area contributed by atoms with Crippen molar-refractivity contribution in [3.63, 3.8) is 0 Å². The molecule has 0 spiro atoms. The molecule has 144 valence electrons. The molecule has 0 saturated carbocycles. The molecule has 0 aromatic heterocycles. The lowest BCUT2D eigenvalue weighted by Crippen LogP contribution is -2.58. The Morgan fingerprint density at radius 1 is 0.667 bits per heavy atom. The van der Waals surface area contributed by atoms with E-state index in [1.54, 1.807) is 0 Å². The Kier molecular flexibility index (Phi) is 8.34. The second-order valence-electron chi connectivity index (χ2n) is 5.44. The van der Waals surface area contributed by atoms with Crippen molar-refractivity contribution < 1.29 is 60.5 Å². The van der Waals surface area contributed by atoms with Gasteiger partial charge < -0.3 is 60.5 Å². The van der Waals surface area contributed by atoms with Crippen LogP contribution in [0.25, 0.3) is 0 Å². The first-order chi connectivity index (χ1) is 11.1. The van der Waals surface area contributed by atoms with E-state index in [4.69, 9.17) is 51.1 Å². The third kappa shape index (κ3) is 4.78. The van der Waals surface area contributed by atoms with Crippen molar-refractivity contribution >= 4 is 0 Å². The van der Waals surface area contributed by atoms with E-state index in [2.05, 4.69) is 9.47 Å². The quantitative estimate of drug-likeness (QED) is 0.227. The van der Waals surface area contributed by atoms with Crippen LogP contribution in [0.15, 0.2) is 0 Å². The van der Waals surface area contributed by atoms with E-state index < -0.39 is 74.6 Å². The van der Waals surface area contributed by atoms with E-state index in [0.717, 1.165) is 0 Å². The molecule has 0 radical (unpaired) electrons. The Morgan fingerprint density at radius 2 is 1.17 bits per heavy atom. The number of rotatable bonds is 3. The zero-order valence-corrected chi connectivity index (χ0v) is 12.5. The number of hydrogen-bond acceptors (Lipinski definition) is 12. The van der Waals surface area contributed by atoms with Crippen LogP contribution in [-0.2, 0) is 9.47 Å². The van der Waals surface area contributed by atoms with Crippen LogP contribution in [0.4, 0.5) is 0 Å². The zero-order valence-electron chi connectivity index (χ0n) is 12.5. The standard InChI is InChI=1S/2C6H12O6/c7-1-2(8)5-3(9)4(10)6(11)12-5;7-1-2-3(8)4(9)5(10)6(11)12-2/h2*2-11H,1H2/t2?,3-,4-,5+,6+;2-,3-,4+,5-,6-/m11/s1. The van der Waals surface area contributed by atoms with Gasteiger partial charge in [0.15, 0.2) is 12.6 Å². The van der Waals surface area contributed by atoms with E-state index in [9.17, 15) is 0 Å². The third-order valence-electron chi connectivity index (χ3n) is 3.71. The van der Waals surface area contributed by atoms with Crippen LogP contribution < -0.4 is 0 Å². The summed E-state index contributed by atoms with van der Waals surface area (Å²) in [6.45, 7) is -1.12. The van der Waals surface area contributed by atoms with Crippen LogP contribution in [0.2, 0.25) is 0 Å². The molecule has 2 aliphatic heterocycles. The number of aliphatic hydroxyl groups is 10. The van der Waals surface area contributed by atoms with Gasteiger partial charge in [-0.1, -0.05) is 0 Å². The highest BCUT2D eigenvalue weighted by Gasteiger charge is 2.45. The summed E-state index contributed by atoms with van der Waals surface area (Å²) < 4.78 is 9.16. The summed E-state index contributed by atoms with van der Waals surface area (Å²) in [4.78, 5) is 0. The summed E-state index contributed by atoms with van der Waals surface area (Å²) >= 11 is 0. The molecule has 0 amide bonds. The second kappa shape index (κ2) is 9.28. The maximum atomic E-state index is 9.12. The van der Waals surface area contributed by atoms with Crippen molar-refractivity contribution in [1.29, 1.82) is 0 Å². The lowest BCUT2D eigenvalue weighted by atomic mass is 10.00. The fourth-order valence-electron chi connectivity index (χ4n) is 2.19. The molecule has 2 heterocycles. The Labute approximate surface area is 136 Å². The lowest BCUT2D eigenvalue weighted by Gasteiger charge is -2.37. The molecule has 1 unspecified atom stereocenters. The predicted molar refractivity (Wildman–Crippen MR) is 72.0 cm³/mol. The van der Waals surface area contributed by atoms with Crippen LogP contribution in [0.1, 0.15) is 0 Å². The Bertz CT molecular complexity index is 365. The fourth-order valence-corrected chi connectivity index (χ4v) is 2.19. The van der Waals surface area contributed by atoms with Crippen LogP contribution in [0.5, 0.6) is 0 Å². The van der Waals surface area contributed by atoms with Crippen molar-refractivity contribution in [3.05, 3.63) is 0 Å². The highest BCUT2D eigenvalue weighted by molar-refractivity contribution is 4.89. The molecule has 2 rings (SSSR count). The Balaban J connectivity index is 0.000000240. The average Bonchev–Trinajstić information content (AvgIpc) is 2.83. The van der Waals surface area contributed by atoms with Gasteiger partial charge in [-0.25, -0.2) is 0 Å². The molecule has 0 aromatic rings. The van der Waals surface area contributed by atoms with Gasteiger partial charge in [0.2, 0.25) is 0 Å².